The number of Topliss-reactive ketones (excluding diaryl/α,β-unsaturated/α-hetero) is 1. The van der Waals surface area contributed by atoms with Crippen LogP contribution in [0.1, 0.15) is 26.7 Å². The van der Waals surface area contributed by atoms with E-state index in [9.17, 15) is 4.79 Å². The molecule has 0 bridgehead atoms. The Labute approximate surface area is 61.2 Å². The lowest BCUT2D eigenvalue weighted by Crippen LogP contribution is -2.33. The molecule has 58 valence electrons. The second-order valence-corrected chi connectivity index (χ2v) is 3.38. The van der Waals surface area contributed by atoms with E-state index in [0.29, 0.717) is 24.7 Å². The van der Waals surface area contributed by atoms with Gasteiger partial charge >= 0.3 is 0 Å². The average Bonchev–Trinajstić information content (AvgIpc) is 1.84. The first-order valence-electron chi connectivity index (χ1n) is 3.82. The Kier molecular flexibility index (Phi) is 2.09. The summed E-state index contributed by atoms with van der Waals surface area (Å²) in [5.41, 5.74) is 0. The maximum absolute atomic E-state index is 10.9. The molecule has 1 saturated carbocycles. The number of hydrogen-bond acceptors (Lipinski definition) is 2. The summed E-state index contributed by atoms with van der Waals surface area (Å²) in [6, 6.07) is 0. The Bertz CT molecular complexity index is 142. The van der Waals surface area contributed by atoms with E-state index < -0.39 is 6.10 Å². The topological polar surface area (TPSA) is 37.3 Å². The van der Waals surface area contributed by atoms with Crippen molar-refractivity contribution in [2.75, 3.05) is 0 Å². The van der Waals surface area contributed by atoms with Crippen molar-refractivity contribution in [3.63, 3.8) is 0 Å². The van der Waals surface area contributed by atoms with Crippen LogP contribution in [0.5, 0.6) is 0 Å². The molecule has 0 saturated heterocycles. The number of ketones is 1. The lowest BCUT2D eigenvalue weighted by molar-refractivity contribution is -0.132. The van der Waals surface area contributed by atoms with Gasteiger partial charge in [0.1, 0.15) is 6.10 Å². The van der Waals surface area contributed by atoms with Crippen molar-refractivity contribution < 1.29 is 9.90 Å². The van der Waals surface area contributed by atoms with Gasteiger partial charge in [0.15, 0.2) is 5.78 Å². The van der Waals surface area contributed by atoms with Gasteiger partial charge in [0, 0.05) is 6.42 Å². The van der Waals surface area contributed by atoms with Crippen LogP contribution in [0.2, 0.25) is 0 Å². The molecule has 1 aliphatic rings. The Balaban J connectivity index is 2.54. The summed E-state index contributed by atoms with van der Waals surface area (Å²) in [6.45, 7) is 4.15. The van der Waals surface area contributed by atoms with Crippen molar-refractivity contribution in [2.45, 2.75) is 32.8 Å². The first-order chi connectivity index (χ1) is 4.61. The number of carbonyl (C=O) groups excluding carboxylic acids is 1. The van der Waals surface area contributed by atoms with Gasteiger partial charge in [-0.1, -0.05) is 13.8 Å². The van der Waals surface area contributed by atoms with Crippen molar-refractivity contribution in [1.82, 2.24) is 0 Å². The van der Waals surface area contributed by atoms with Gasteiger partial charge in [0.25, 0.3) is 0 Å². The molecular weight excluding hydrogens is 128 g/mol. The highest BCUT2D eigenvalue weighted by molar-refractivity contribution is 5.83. The molecule has 0 spiro atoms. The van der Waals surface area contributed by atoms with E-state index in [2.05, 4.69) is 13.8 Å². The van der Waals surface area contributed by atoms with Gasteiger partial charge in [-0.15, -0.1) is 0 Å². The Hall–Kier alpha value is -0.370. The molecule has 0 heterocycles. The summed E-state index contributed by atoms with van der Waals surface area (Å²) in [5, 5.41) is 9.12. The summed E-state index contributed by atoms with van der Waals surface area (Å²) in [5.74, 6) is 0.967. The van der Waals surface area contributed by atoms with Gasteiger partial charge in [-0.2, -0.15) is 0 Å². The second kappa shape index (κ2) is 2.70. The molecule has 1 fully saturated rings. The van der Waals surface area contributed by atoms with Crippen LogP contribution in [0.25, 0.3) is 0 Å². The fourth-order valence-corrected chi connectivity index (χ4v) is 1.37. The van der Waals surface area contributed by atoms with Gasteiger partial charge in [-0.25, -0.2) is 0 Å². The predicted octanol–water partition coefficient (Wildman–Crippen LogP) is 0.982. The highest BCUT2D eigenvalue weighted by atomic mass is 16.3. The zero-order valence-electron chi connectivity index (χ0n) is 6.50. The minimum absolute atomic E-state index is 0.0191. The van der Waals surface area contributed by atoms with E-state index >= 15 is 0 Å². The predicted molar refractivity (Wildman–Crippen MR) is 38.6 cm³/mol. The average molecular weight is 142 g/mol. The first kappa shape index (κ1) is 7.73. The lowest BCUT2D eigenvalue weighted by atomic mass is 9.79. The fraction of sp³-hybridized carbons (Fsp3) is 0.875. The SMILES string of the molecule is CC1CC(=O)C(O)CC1C. The van der Waals surface area contributed by atoms with Crippen molar-refractivity contribution in [3.05, 3.63) is 0 Å². The highest BCUT2D eigenvalue weighted by Gasteiger charge is 2.29. The third-order valence-electron chi connectivity index (χ3n) is 2.46. The first-order valence-corrected chi connectivity index (χ1v) is 3.82. The third kappa shape index (κ3) is 1.37. The van der Waals surface area contributed by atoms with Crippen LogP contribution in [0.4, 0.5) is 0 Å². The number of rotatable bonds is 0. The largest absolute Gasteiger partial charge is 0.385 e. The van der Waals surface area contributed by atoms with Crippen LogP contribution in [0.15, 0.2) is 0 Å². The van der Waals surface area contributed by atoms with Gasteiger partial charge in [-0.05, 0) is 18.3 Å². The van der Waals surface area contributed by atoms with Crippen molar-refractivity contribution >= 4 is 5.78 Å². The molecule has 0 aromatic rings. The normalized spacial score (nSPS) is 41.9. The second-order valence-electron chi connectivity index (χ2n) is 3.38. The lowest BCUT2D eigenvalue weighted by Gasteiger charge is -2.27. The molecule has 0 aliphatic heterocycles. The van der Waals surface area contributed by atoms with Gasteiger partial charge in [0.05, 0.1) is 0 Å². The molecule has 3 unspecified atom stereocenters. The standard InChI is InChI=1S/C8H14O2/c1-5-3-7(9)8(10)4-6(5)2/h5-7,9H,3-4H2,1-2H3. The molecule has 2 nitrogen and oxygen atoms in total. The monoisotopic (exact) mass is 142 g/mol. The number of aliphatic hydroxyl groups is 1. The van der Waals surface area contributed by atoms with E-state index in [1.165, 1.54) is 0 Å². The number of aliphatic hydroxyl groups excluding tert-OH is 1. The smallest absolute Gasteiger partial charge is 0.161 e. The Morgan fingerprint density at radius 3 is 2.50 bits per heavy atom. The van der Waals surface area contributed by atoms with Crippen LogP contribution in [-0.4, -0.2) is 17.0 Å². The van der Waals surface area contributed by atoms with E-state index in [0.717, 1.165) is 0 Å². The quantitative estimate of drug-likeness (QED) is 0.547. The minimum Gasteiger partial charge on any atom is -0.385 e. The molecule has 0 amide bonds. The molecule has 2 heteroatoms. The van der Waals surface area contributed by atoms with Crippen LogP contribution >= 0.6 is 0 Å². The summed E-state index contributed by atoms with van der Waals surface area (Å²) >= 11 is 0. The van der Waals surface area contributed by atoms with E-state index in [-0.39, 0.29) is 5.78 Å². The van der Waals surface area contributed by atoms with Gasteiger partial charge in [0.2, 0.25) is 0 Å². The summed E-state index contributed by atoms with van der Waals surface area (Å²) in [4.78, 5) is 10.9. The molecule has 0 aromatic carbocycles. The molecule has 10 heavy (non-hydrogen) atoms. The summed E-state index contributed by atoms with van der Waals surface area (Å²) < 4.78 is 0. The van der Waals surface area contributed by atoms with Crippen LogP contribution in [0, 0.1) is 11.8 Å². The van der Waals surface area contributed by atoms with Crippen molar-refractivity contribution in [2.24, 2.45) is 11.8 Å². The summed E-state index contributed by atoms with van der Waals surface area (Å²) in [7, 11) is 0. The number of carbonyl (C=O) groups is 1. The Morgan fingerprint density at radius 2 is 2.00 bits per heavy atom. The van der Waals surface area contributed by atoms with E-state index in [1.807, 2.05) is 0 Å². The van der Waals surface area contributed by atoms with Crippen LogP contribution in [-0.2, 0) is 4.79 Å². The van der Waals surface area contributed by atoms with E-state index in [4.69, 9.17) is 5.11 Å². The molecular formula is C8H14O2. The maximum atomic E-state index is 10.9. The maximum Gasteiger partial charge on any atom is 0.161 e. The molecule has 3 atom stereocenters. The highest BCUT2D eigenvalue weighted by Crippen LogP contribution is 2.26. The third-order valence-corrected chi connectivity index (χ3v) is 2.46. The van der Waals surface area contributed by atoms with Gasteiger partial charge < -0.3 is 5.11 Å². The van der Waals surface area contributed by atoms with Crippen LogP contribution in [0.3, 0.4) is 0 Å². The molecule has 0 radical (unpaired) electrons. The van der Waals surface area contributed by atoms with Crippen LogP contribution < -0.4 is 0 Å². The summed E-state index contributed by atoms with van der Waals surface area (Å²) in [6.07, 6.45) is 0.536. The molecule has 1 N–H and O–H groups in total. The molecule has 0 aromatic heterocycles. The van der Waals surface area contributed by atoms with Gasteiger partial charge in [-0.3, -0.25) is 4.79 Å². The number of hydrogen-bond donors (Lipinski definition) is 1. The molecule has 1 aliphatic carbocycles. The zero-order valence-corrected chi connectivity index (χ0v) is 6.50. The van der Waals surface area contributed by atoms with Crippen molar-refractivity contribution in [3.8, 4) is 0 Å². The Morgan fingerprint density at radius 1 is 1.40 bits per heavy atom. The minimum atomic E-state index is -0.675. The fourth-order valence-electron chi connectivity index (χ4n) is 1.37. The van der Waals surface area contributed by atoms with E-state index in [1.54, 1.807) is 0 Å². The zero-order chi connectivity index (χ0) is 7.72. The van der Waals surface area contributed by atoms with Crippen molar-refractivity contribution in [1.29, 1.82) is 0 Å². The molecule has 1 rings (SSSR count).